The summed E-state index contributed by atoms with van der Waals surface area (Å²) < 4.78 is 17.8. The Morgan fingerprint density at radius 3 is 2.59 bits per heavy atom. The van der Waals surface area contributed by atoms with Crippen molar-refractivity contribution < 1.29 is 8.95 Å². The molecule has 0 saturated heterocycles. The predicted octanol–water partition coefficient (Wildman–Crippen LogP) is 3.84. The Hall–Kier alpha value is -0.830. The largest absolute Gasteiger partial charge is 0.491 e. The standard InChI is InChI=1S/C20H33N3O2S.HI/c1-5-26(24)19-8-6-7-17(13-19)23-20(21-4)22-14-16-9-11-18(12-10-16)25-15(2)3;/h9-12,15,17,19H,5-8,13-14H2,1-4H3,(H2,21,22,23);1H. The summed E-state index contributed by atoms with van der Waals surface area (Å²) in [5.41, 5.74) is 1.18. The monoisotopic (exact) mass is 507 g/mol. The van der Waals surface area contributed by atoms with E-state index in [1.165, 1.54) is 5.56 Å². The molecule has 0 amide bonds. The van der Waals surface area contributed by atoms with Crippen LogP contribution in [0.2, 0.25) is 0 Å². The molecule has 1 aromatic rings. The van der Waals surface area contributed by atoms with Crippen molar-refractivity contribution in [2.75, 3.05) is 12.8 Å². The number of hydrogen-bond acceptors (Lipinski definition) is 3. The zero-order chi connectivity index (χ0) is 18.9. The maximum Gasteiger partial charge on any atom is 0.191 e. The van der Waals surface area contributed by atoms with E-state index in [1.807, 2.05) is 32.9 Å². The first kappa shape index (κ1) is 24.2. The first-order valence-corrected chi connectivity index (χ1v) is 11.0. The molecule has 0 radical (unpaired) electrons. The Bertz CT molecular complexity index is 608. The number of guanidine groups is 1. The fourth-order valence-corrected chi connectivity index (χ4v) is 4.63. The second-order valence-corrected chi connectivity index (χ2v) is 9.04. The molecule has 1 aliphatic carbocycles. The Balaban J connectivity index is 0.00000364. The number of halogens is 1. The molecule has 27 heavy (non-hydrogen) atoms. The molecule has 5 nitrogen and oxygen atoms in total. The van der Waals surface area contributed by atoms with Crippen LogP contribution < -0.4 is 15.4 Å². The number of ether oxygens (including phenoxy) is 1. The van der Waals surface area contributed by atoms with E-state index in [1.54, 1.807) is 7.05 Å². The van der Waals surface area contributed by atoms with Gasteiger partial charge in [0.25, 0.3) is 0 Å². The van der Waals surface area contributed by atoms with Gasteiger partial charge in [0, 0.05) is 41.4 Å². The average molecular weight is 507 g/mol. The molecule has 1 fully saturated rings. The van der Waals surface area contributed by atoms with Crippen molar-refractivity contribution in [3.05, 3.63) is 29.8 Å². The minimum Gasteiger partial charge on any atom is -0.491 e. The molecule has 7 heteroatoms. The van der Waals surface area contributed by atoms with Crippen molar-refractivity contribution >= 4 is 40.7 Å². The third-order valence-electron chi connectivity index (χ3n) is 4.60. The van der Waals surface area contributed by atoms with Crippen molar-refractivity contribution in [1.29, 1.82) is 0 Å². The van der Waals surface area contributed by atoms with Gasteiger partial charge in [-0.3, -0.25) is 9.20 Å². The number of nitrogens with zero attached hydrogens (tertiary/aromatic N) is 1. The third-order valence-corrected chi connectivity index (χ3v) is 6.34. The molecule has 2 rings (SSSR count). The van der Waals surface area contributed by atoms with Crippen LogP contribution in [0.25, 0.3) is 0 Å². The molecule has 0 bridgehead atoms. The first-order chi connectivity index (χ1) is 12.5. The number of benzene rings is 1. The van der Waals surface area contributed by atoms with E-state index >= 15 is 0 Å². The maximum atomic E-state index is 12.1. The van der Waals surface area contributed by atoms with E-state index in [4.69, 9.17) is 4.74 Å². The summed E-state index contributed by atoms with van der Waals surface area (Å²) in [6, 6.07) is 8.48. The fraction of sp³-hybridized carbons (Fsp3) is 0.650. The van der Waals surface area contributed by atoms with Gasteiger partial charge in [-0.25, -0.2) is 0 Å². The van der Waals surface area contributed by atoms with Crippen LogP contribution >= 0.6 is 24.0 Å². The fourth-order valence-electron chi connectivity index (χ4n) is 3.28. The molecule has 0 heterocycles. The quantitative estimate of drug-likeness (QED) is 0.335. The number of hydrogen-bond donors (Lipinski definition) is 2. The van der Waals surface area contributed by atoms with Gasteiger partial charge in [0.05, 0.1) is 6.10 Å². The minimum absolute atomic E-state index is 0. The van der Waals surface area contributed by atoms with Crippen molar-refractivity contribution in [1.82, 2.24) is 10.6 Å². The molecule has 2 N–H and O–H groups in total. The van der Waals surface area contributed by atoms with Gasteiger partial charge in [0.1, 0.15) is 5.75 Å². The second kappa shape index (κ2) is 12.6. The third kappa shape index (κ3) is 8.37. The van der Waals surface area contributed by atoms with Crippen LogP contribution in [0, 0.1) is 0 Å². The molecule has 0 spiro atoms. The van der Waals surface area contributed by atoms with Crippen LogP contribution in [-0.2, 0) is 17.3 Å². The molecule has 154 valence electrons. The van der Waals surface area contributed by atoms with E-state index in [2.05, 4.69) is 27.8 Å². The van der Waals surface area contributed by atoms with Crippen LogP contribution in [-0.4, -0.2) is 40.4 Å². The lowest BCUT2D eigenvalue weighted by molar-refractivity contribution is 0.242. The topological polar surface area (TPSA) is 62.7 Å². The van der Waals surface area contributed by atoms with Crippen molar-refractivity contribution in [2.45, 2.75) is 70.4 Å². The van der Waals surface area contributed by atoms with E-state index in [0.717, 1.165) is 43.1 Å². The number of nitrogens with one attached hydrogen (secondary N) is 2. The SMILES string of the molecule is CCS(=O)C1CCCC(NC(=NC)NCc2ccc(OC(C)C)cc2)C1.I. The second-order valence-electron chi connectivity index (χ2n) is 7.04. The van der Waals surface area contributed by atoms with Gasteiger partial charge in [-0.2, -0.15) is 0 Å². The van der Waals surface area contributed by atoms with E-state index in [0.29, 0.717) is 17.8 Å². The Kier molecular flexibility index (Phi) is 11.3. The lowest BCUT2D eigenvalue weighted by Gasteiger charge is -2.30. The van der Waals surface area contributed by atoms with Crippen LogP contribution in [0.3, 0.4) is 0 Å². The molecular formula is C20H34IN3O2S. The van der Waals surface area contributed by atoms with Gasteiger partial charge >= 0.3 is 0 Å². The van der Waals surface area contributed by atoms with Crippen molar-refractivity contribution in [3.8, 4) is 5.75 Å². The molecule has 0 aromatic heterocycles. The van der Waals surface area contributed by atoms with E-state index in [-0.39, 0.29) is 30.1 Å². The van der Waals surface area contributed by atoms with Gasteiger partial charge in [-0.05, 0) is 50.8 Å². The molecule has 1 saturated carbocycles. The van der Waals surface area contributed by atoms with Gasteiger partial charge in [0.2, 0.25) is 0 Å². The molecule has 3 unspecified atom stereocenters. The van der Waals surface area contributed by atoms with Crippen molar-refractivity contribution in [3.63, 3.8) is 0 Å². The summed E-state index contributed by atoms with van der Waals surface area (Å²) in [7, 11) is 1.09. The normalized spacial score (nSPS) is 21.3. The summed E-state index contributed by atoms with van der Waals surface area (Å²) in [6.07, 6.45) is 4.46. The van der Waals surface area contributed by atoms with Crippen LogP contribution in [0.15, 0.2) is 29.3 Å². The molecule has 0 aliphatic heterocycles. The summed E-state index contributed by atoms with van der Waals surface area (Å²) >= 11 is 0. The van der Waals surface area contributed by atoms with Crippen LogP contribution in [0.4, 0.5) is 0 Å². The maximum absolute atomic E-state index is 12.1. The summed E-state index contributed by atoms with van der Waals surface area (Å²) in [5.74, 6) is 2.45. The van der Waals surface area contributed by atoms with Crippen molar-refractivity contribution in [2.24, 2.45) is 4.99 Å². The number of rotatable bonds is 7. The zero-order valence-electron chi connectivity index (χ0n) is 16.9. The van der Waals surface area contributed by atoms with Gasteiger partial charge in [0.15, 0.2) is 5.96 Å². The summed E-state index contributed by atoms with van der Waals surface area (Å²) in [5, 5.41) is 7.19. The van der Waals surface area contributed by atoms with E-state index in [9.17, 15) is 4.21 Å². The highest BCUT2D eigenvalue weighted by atomic mass is 127. The van der Waals surface area contributed by atoms with E-state index < -0.39 is 10.8 Å². The van der Waals surface area contributed by atoms with Crippen LogP contribution in [0.5, 0.6) is 5.75 Å². The highest BCUT2D eigenvalue weighted by molar-refractivity contribution is 14.0. The first-order valence-electron chi connectivity index (χ1n) is 9.61. The van der Waals surface area contributed by atoms with Gasteiger partial charge in [-0.1, -0.05) is 25.5 Å². The zero-order valence-corrected chi connectivity index (χ0v) is 20.0. The highest BCUT2D eigenvalue weighted by Crippen LogP contribution is 2.23. The van der Waals surface area contributed by atoms with Gasteiger partial charge in [-0.15, -0.1) is 24.0 Å². The predicted molar refractivity (Wildman–Crippen MR) is 126 cm³/mol. The molecular weight excluding hydrogens is 473 g/mol. The lowest BCUT2D eigenvalue weighted by Crippen LogP contribution is -2.46. The van der Waals surface area contributed by atoms with Crippen LogP contribution in [0.1, 0.15) is 52.0 Å². The average Bonchev–Trinajstić information content (AvgIpc) is 2.65. The number of aliphatic imine (C=N–C) groups is 1. The molecule has 1 aromatic carbocycles. The smallest absolute Gasteiger partial charge is 0.191 e. The Morgan fingerprint density at radius 1 is 1.30 bits per heavy atom. The molecule has 1 aliphatic rings. The molecule has 3 atom stereocenters. The summed E-state index contributed by atoms with van der Waals surface area (Å²) in [4.78, 5) is 4.34. The minimum atomic E-state index is -0.703. The summed E-state index contributed by atoms with van der Waals surface area (Å²) in [6.45, 7) is 6.76. The highest BCUT2D eigenvalue weighted by Gasteiger charge is 2.25. The Labute approximate surface area is 183 Å². The lowest BCUT2D eigenvalue weighted by atomic mass is 9.95. The Morgan fingerprint density at radius 2 is 2.00 bits per heavy atom. The van der Waals surface area contributed by atoms with Gasteiger partial charge < -0.3 is 15.4 Å².